The predicted octanol–water partition coefficient (Wildman–Crippen LogP) is 6.02. The summed E-state index contributed by atoms with van der Waals surface area (Å²) in [5.74, 6) is -2.72. The Morgan fingerprint density at radius 1 is 1.07 bits per heavy atom. The van der Waals surface area contributed by atoms with Gasteiger partial charge in [0.2, 0.25) is 5.79 Å². The normalized spacial score (nSPS) is 15.0. The number of cyclic esters (lactones) is 1. The van der Waals surface area contributed by atoms with Crippen molar-refractivity contribution in [1.82, 2.24) is 0 Å². The molecule has 0 bridgehead atoms. The molecule has 28 heavy (non-hydrogen) atoms. The van der Waals surface area contributed by atoms with Gasteiger partial charge in [-0.05, 0) is 48.6 Å². The van der Waals surface area contributed by atoms with E-state index in [9.17, 15) is 13.6 Å². The fraction of sp³-hybridized carbons (Fsp3) is 0.409. The van der Waals surface area contributed by atoms with Crippen molar-refractivity contribution in [2.24, 2.45) is 5.92 Å². The molecule has 1 heterocycles. The molecule has 150 valence electrons. The maximum absolute atomic E-state index is 14.4. The summed E-state index contributed by atoms with van der Waals surface area (Å²) in [6, 6.07) is 6.91. The van der Waals surface area contributed by atoms with Crippen LogP contribution in [-0.4, -0.2) is 11.8 Å². The number of fused-ring (bicyclic) bond motifs is 1. The van der Waals surface area contributed by atoms with E-state index in [0.29, 0.717) is 17.9 Å². The van der Waals surface area contributed by atoms with Gasteiger partial charge in [0.1, 0.15) is 17.1 Å². The van der Waals surface area contributed by atoms with Gasteiger partial charge in [-0.15, -0.1) is 0 Å². The third-order valence-electron chi connectivity index (χ3n) is 4.39. The standard InChI is InChI=1S/C22H24F2O4/c1-13(2)6-5-7-14-10-17(23)20(18(24)11-14)26-15-8-9-16-19(12-15)27-22(3,4)28-21(16)25/h8-13H,5-7H2,1-4H3. The lowest BCUT2D eigenvalue weighted by atomic mass is 10.0. The highest BCUT2D eigenvalue weighted by Gasteiger charge is 2.34. The highest BCUT2D eigenvalue weighted by Crippen LogP contribution is 2.36. The first-order valence-corrected chi connectivity index (χ1v) is 9.37. The van der Waals surface area contributed by atoms with Gasteiger partial charge in [-0.2, -0.15) is 0 Å². The minimum absolute atomic E-state index is 0.162. The SMILES string of the molecule is CC(C)CCCc1cc(F)c(Oc2ccc3c(c2)OC(C)(C)OC3=O)c(F)c1. The topological polar surface area (TPSA) is 44.8 Å². The number of carbonyl (C=O) groups is 1. The zero-order chi connectivity index (χ0) is 20.5. The molecule has 4 nitrogen and oxygen atoms in total. The molecule has 0 saturated carbocycles. The average Bonchev–Trinajstić information content (AvgIpc) is 2.56. The lowest BCUT2D eigenvalue weighted by Crippen LogP contribution is -2.38. The zero-order valence-corrected chi connectivity index (χ0v) is 16.5. The van der Waals surface area contributed by atoms with E-state index >= 15 is 0 Å². The Morgan fingerprint density at radius 2 is 1.75 bits per heavy atom. The van der Waals surface area contributed by atoms with Gasteiger partial charge in [0.15, 0.2) is 17.4 Å². The van der Waals surface area contributed by atoms with Crippen LogP contribution in [0.3, 0.4) is 0 Å². The molecule has 1 aliphatic heterocycles. The third-order valence-corrected chi connectivity index (χ3v) is 4.39. The van der Waals surface area contributed by atoms with Crippen LogP contribution in [0.1, 0.15) is 56.5 Å². The first kappa shape index (κ1) is 20.1. The Bertz CT molecular complexity index is 867. The van der Waals surface area contributed by atoms with Crippen molar-refractivity contribution in [3.63, 3.8) is 0 Å². The number of halogens is 2. The van der Waals surface area contributed by atoms with Crippen LogP contribution in [0.15, 0.2) is 30.3 Å². The smallest absolute Gasteiger partial charge is 0.345 e. The number of rotatable bonds is 6. The molecule has 0 radical (unpaired) electrons. The van der Waals surface area contributed by atoms with Crippen molar-refractivity contribution in [2.45, 2.75) is 52.7 Å². The van der Waals surface area contributed by atoms with E-state index in [-0.39, 0.29) is 17.1 Å². The number of aryl methyl sites for hydroxylation is 1. The van der Waals surface area contributed by atoms with Crippen molar-refractivity contribution < 1.29 is 27.8 Å². The molecule has 0 spiro atoms. The van der Waals surface area contributed by atoms with Crippen molar-refractivity contribution in [1.29, 1.82) is 0 Å². The monoisotopic (exact) mass is 390 g/mol. The zero-order valence-electron chi connectivity index (χ0n) is 16.5. The van der Waals surface area contributed by atoms with Gasteiger partial charge in [-0.25, -0.2) is 13.6 Å². The molecule has 0 fully saturated rings. The number of hydrogen-bond donors (Lipinski definition) is 0. The van der Waals surface area contributed by atoms with E-state index in [4.69, 9.17) is 14.2 Å². The molecule has 0 unspecified atom stereocenters. The van der Waals surface area contributed by atoms with E-state index < -0.39 is 29.1 Å². The number of esters is 1. The van der Waals surface area contributed by atoms with Crippen molar-refractivity contribution >= 4 is 5.97 Å². The molecule has 0 aliphatic carbocycles. The fourth-order valence-corrected chi connectivity index (χ4v) is 3.07. The first-order chi connectivity index (χ1) is 13.1. The molecular formula is C22H24F2O4. The molecule has 0 atom stereocenters. The summed E-state index contributed by atoms with van der Waals surface area (Å²) in [6.07, 6.45) is 2.47. The van der Waals surface area contributed by atoms with Crippen LogP contribution in [0.5, 0.6) is 17.2 Å². The molecule has 0 saturated heterocycles. The van der Waals surface area contributed by atoms with E-state index in [1.54, 1.807) is 13.8 Å². The Labute approximate surface area is 163 Å². The maximum atomic E-state index is 14.4. The second-order valence-corrected chi connectivity index (χ2v) is 7.83. The number of carbonyl (C=O) groups excluding carboxylic acids is 1. The number of benzene rings is 2. The Hall–Kier alpha value is -2.63. The minimum Gasteiger partial charge on any atom is -0.452 e. The van der Waals surface area contributed by atoms with E-state index in [1.165, 1.54) is 30.3 Å². The van der Waals surface area contributed by atoms with Crippen LogP contribution in [0.25, 0.3) is 0 Å². The Balaban J connectivity index is 1.79. The van der Waals surface area contributed by atoms with Gasteiger partial charge in [0, 0.05) is 19.9 Å². The van der Waals surface area contributed by atoms with Crippen LogP contribution in [0.4, 0.5) is 8.78 Å². The second-order valence-electron chi connectivity index (χ2n) is 7.83. The lowest BCUT2D eigenvalue weighted by Gasteiger charge is -2.31. The van der Waals surface area contributed by atoms with Crippen molar-refractivity contribution in [3.05, 3.63) is 53.1 Å². The molecule has 2 aromatic carbocycles. The molecule has 3 rings (SSSR count). The van der Waals surface area contributed by atoms with Crippen molar-refractivity contribution in [3.8, 4) is 17.2 Å². The Morgan fingerprint density at radius 3 is 2.39 bits per heavy atom. The molecule has 2 aromatic rings. The third kappa shape index (κ3) is 4.61. The molecule has 6 heteroatoms. The van der Waals surface area contributed by atoms with Gasteiger partial charge in [-0.3, -0.25) is 0 Å². The predicted molar refractivity (Wildman–Crippen MR) is 101 cm³/mol. The van der Waals surface area contributed by atoms with Gasteiger partial charge >= 0.3 is 5.97 Å². The second kappa shape index (κ2) is 7.78. The number of ether oxygens (including phenoxy) is 3. The van der Waals surface area contributed by atoms with Crippen LogP contribution >= 0.6 is 0 Å². The summed E-state index contributed by atoms with van der Waals surface area (Å²) in [5.41, 5.74) is 0.828. The summed E-state index contributed by atoms with van der Waals surface area (Å²) >= 11 is 0. The summed E-state index contributed by atoms with van der Waals surface area (Å²) in [5, 5.41) is 0. The largest absolute Gasteiger partial charge is 0.452 e. The van der Waals surface area contributed by atoms with Crippen LogP contribution in [0, 0.1) is 17.6 Å². The lowest BCUT2D eigenvalue weighted by molar-refractivity contribution is -0.127. The summed E-state index contributed by atoms with van der Waals surface area (Å²) in [4.78, 5) is 12.0. The van der Waals surface area contributed by atoms with Gasteiger partial charge in [0.25, 0.3) is 0 Å². The van der Waals surface area contributed by atoms with Crippen LogP contribution < -0.4 is 9.47 Å². The van der Waals surface area contributed by atoms with Crippen LogP contribution in [0.2, 0.25) is 0 Å². The molecule has 0 N–H and O–H groups in total. The van der Waals surface area contributed by atoms with E-state index in [0.717, 1.165) is 12.8 Å². The molecular weight excluding hydrogens is 366 g/mol. The summed E-state index contributed by atoms with van der Waals surface area (Å²) < 4.78 is 45.0. The highest BCUT2D eigenvalue weighted by molar-refractivity contribution is 5.93. The average molecular weight is 390 g/mol. The quantitative estimate of drug-likeness (QED) is 0.566. The summed E-state index contributed by atoms with van der Waals surface area (Å²) in [7, 11) is 0. The molecule has 0 amide bonds. The Kier molecular flexibility index (Phi) is 5.59. The minimum atomic E-state index is -1.13. The van der Waals surface area contributed by atoms with E-state index in [1.807, 2.05) is 0 Å². The van der Waals surface area contributed by atoms with Gasteiger partial charge in [-0.1, -0.05) is 20.3 Å². The fourth-order valence-electron chi connectivity index (χ4n) is 3.07. The molecule has 0 aromatic heterocycles. The van der Waals surface area contributed by atoms with Crippen LogP contribution in [-0.2, 0) is 11.2 Å². The highest BCUT2D eigenvalue weighted by atomic mass is 19.1. The van der Waals surface area contributed by atoms with E-state index in [2.05, 4.69) is 13.8 Å². The number of hydrogen-bond acceptors (Lipinski definition) is 4. The van der Waals surface area contributed by atoms with Crippen molar-refractivity contribution in [2.75, 3.05) is 0 Å². The summed E-state index contributed by atoms with van der Waals surface area (Å²) in [6.45, 7) is 7.42. The molecule has 1 aliphatic rings. The van der Waals surface area contributed by atoms with Gasteiger partial charge < -0.3 is 14.2 Å². The first-order valence-electron chi connectivity index (χ1n) is 9.37. The maximum Gasteiger partial charge on any atom is 0.345 e. The van der Waals surface area contributed by atoms with Gasteiger partial charge in [0.05, 0.1) is 0 Å².